The molecule has 1 aliphatic rings. The van der Waals surface area contributed by atoms with E-state index < -0.39 is 6.04 Å². The molecule has 2 aromatic heterocycles. The number of hydrogen-bond donors (Lipinski definition) is 2. The zero-order valence-corrected chi connectivity index (χ0v) is 18.6. The topological polar surface area (TPSA) is 107 Å². The fourth-order valence-electron chi connectivity index (χ4n) is 3.87. The van der Waals surface area contributed by atoms with E-state index in [0.717, 1.165) is 35.2 Å². The minimum Gasteiger partial charge on any atom is -0.619 e. The molecule has 2 aromatic rings. The van der Waals surface area contributed by atoms with E-state index >= 15 is 0 Å². The van der Waals surface area contributed by atoms with Gasteiger partial charge in [-0.15, -0.1) is 0 Å². The van der Waals surface area contributed by atoms with Gasteiger partial charge in [-0.05, 0) is 43.6 Å². The first-order valence-electron chi connectivity index (χ1n) is 10.3. The van der Waals surface area contributed by atoms with E-state index in [-0.39, 0.29) is 23.8 Å². The molecule has 162 valence electrons. The Morgan fingerprint density at radius 1 is 1.43 bits per heavy atom. The van der Waals surface area contributed by atoms with Crippen LogP contribution in [0.25, 0.3) is 11.4 Å². The highest BCUT2D eigenvalue weighted by Gasteiger charge is 2.35. The molecule has 0 radical (unpaired) electrons. The van der Waals surface area contributed by atoms with Gasteiger partial charge in [0.15, 0.2) is 11.9 Å². The lowest BCUT2D eigenvalue weighted by Crippen LogP contribution is -2.46. The molecular weight excluding hydrogens is 382 g/mol. The van der Waals surface area contributed by atoms with Crippen molar-refractivity contribution in [1.29, 1.82) is 0 Å². The molecule has 1 amide bonds. The number of amides is 1. The third kappa shape index (κ3) is 4.09. The summed E-state index contributed by atoms with van der Waals surface area (Å²) in [4.78, 5) is 17.6. The van der Waals surface area contributed by atoms with Crippen molar-refractivity contribution in [3.8, 4) is 5.82 Å². The molecule has 0 aliphatic heterocycles. The number of nitrogens with one attached hydrogen (secondary N) is 1. The van der Waals surface area contributed by atoms with Crippen molar-refractivity contribution < 1.29 is 14.6 Å². The summed E-state index contributed by atoms with van der Waals surface area (Å²) in [5.41, 5.74) is 3.98. The van der Waals surface area contributed by atoms with E-state index in [1.807, 2.05) is 34.6 Å². The van der Waals surface area contributed by atoms with Crippen LogP contribution in [-0.4, -0.2) is 38.4 Å². The van der Waals surface area contributed by atoms with Crippen molar-refractivity contribution in [2.75, 3.05) is 6.61 Å². The van der Waals surface area contributed by atoms with E-state index in [4.69, 9.17) is 0 Å². The first-order valence-corrected chi connectivity index (χ1v) is 10.3. The van der Waals surface area contributed by atoms with Gasteiger partial charge in [-0.3, -0.25) is 4.79 Å². The highest BCUT2D eigenvalue weighted by molar-refractivity contribution is 5.96. The minimum absolute atomic E-state index is 0.128. The molecule has 0 saturated carbocycles. The molecule has 1 aliphatic carbocycles. The van der Waals surface area contributed by atoms with Crippen molar-refractivity contribution in [3.63, 3.8) is 0 Å². The summed E-state index contributed by atoms with van der Waals surface area (Å²) >= 11 is 0. The normalized spacial score (nSPS) is 17.4. The zero-order chi connectivity index (χ0) is 22.2. The quantitative estimate of drug-likeness (QED) is 0.592. The lowest BCUT2D eigenvalue weighted by molar-refractivity contribution is -0.605. The number of aromatic nitrogens is 4. The highest BCUT2D eigenvalue weighted by atomic mass is 16.5. The lowest BCUT2D eigenvalue weighted by Gasteiger charge is -2.30. The van der Waals surface area contributed by atoms with Crippen LogP contribution < -0.4 is 10.0 Å². The molecule has 0 aromatic carbocycles. The number of hydrogen-bond acceptors (Lipinski definition) is 5. The largest absolute Gasteiger partial charge is 0.619 e. The minimum atomic E-state index is -0.411. The predicted octanol–water partition coefficient (Wildman–Crippen LogP) is 2.73. The average Bonchev–Trinajstić information content (AvgIpc) is 3.06. The number of carbonyl (C=O) groups is 1. The van der Waals surface area contributed by atoms with Crippen molar-refractivity contribution >= 4 is 11.5 Å². The van der Waals surface area contributed by atoms with Crippen molar-refractivity contribution in [3.05, 3.63) is 46.3 Å². The molecule has 0 spiro atoms. The van der Waals surface area contributed by atoms with Crippen molar-refractivity contribution in [2.24, 2.45) is 5.41 Å². The van der Waals surface area contributed by atoms with Crippen LogP contribution in [0.1, 0.15) is 82.0 Å². The number of fused-ring (bicyclic) bond motifs is 1. The maximum absolute atomic E-state index is 13.3. The highest BCUT2D eigenvalue weighted by Crippen LogP contribution is 2.42. The Balaban J connectivity index is 2.19. The maximum atomic E-state index is 13.3. The number of nitrogens with zero attached hydrogens (tertiary/aromatic N) is 4. The zero-order valence-electron chi connectivity index (χ0n) is 18.6. The Bertz CT molecular complexity index is 983. The Labute approximate surface area is 177 Å². The van der Waals surface area contributed by atoms with Crippen LogP contribution in [0, 0.1) is 10.6 Å². The van der Waals surface area contributed by atoms with E-state index in [9.17, 15) is 15.1 Å². The predicted molar refractivity (Wildman–Crippen MR) is 114 cm³/mol. The lowest BCUT2D eigenvalue weighted by atomic mass is 9.81. The van der Waals surface area contributed by atoms with Crippen molar-refractivity contribution in [2.45, 2.75) is 66.3 Å². The third-order valence-corrected chi connectivity index (χ3v) is 5.76. The number of aliphatic hydroxyl groups excluding tert-OH is 1. The molecule has 2 atom stereocenters. The van der Waals surface area contributed by atoms with Crippen LogP contribution in [0.3, 0.4) is 0 Å². The second-order valence-electron chi connectivity index (χ2n) is 9.29. The Morgan fingerprint density at radius 2 is 2.13 bits per heavy atom. The molecular formula is C22H31N5O3. The van der Waals surface area contributed by atoms with Crippen molar-refractivity contribution in [1.82, 2.24) is 20.1 Å². The first-order chi connectivity index (χ1) is 14.0. The molecule has 8 heteroatoms. The number of carbonyl (C=O) groups excluding carboxylic acids is 1. The second-order valence-corrected chi connectivity index (χ2v) is 9.29. The summed E-state index contributed by atoms with van der Waals surface area (Å²) in [6, 6.07) is -0.411. The summed E-state index contributed by atoms with van der Waals surface area (Å²) in [6.45, 7) is 11.9. The van der Waals surface area contributed by atoms with Crippen LogP contribution in [0.2, 0.25) is 0 Å². The fourth-order valence-corrected chi connectivity index (χ4v) is 3.87. The van der Waals surface area contributed by atoms with Crippen LogP contribution >= 0.6 is 0 Å². The van der Waals surface area contributed by atoms with E-state index in [2.05, 4.69) is 22.3 Å². The van der Waals surface area contributed by atoms with Crippen LogP contribution in [0.5, 0.6) is 0 Å². The number of allylic oxidation sites excluding steroid dienone is 2. The molecule has 3 rings (SSSR count). The smallest absolute Gasteiger partial charge is 0.272 e. The van der Waals surface area contributed by atoms with Crippen LogP contribution in [0.4, 0.5) is 0 Å². The summed E-state index contributed by atoms with van der Waals surface area (Å²) in [5.74, 6) is 0.167. The Kier molecular flexibility index (Phi) is 5.99. The van der Waals surface area contributed by atoms with E-state index in [1.165, 1.54) is 18.6 Å². The summed E-state index contributed by atoms with van der Waals surface area (Å²) in [6.07, 6.45) is 5.86. The van der Waals surface area contributed by atoms with Gasteiger partial charge in [-0.1, -0.05) is 33.3 Å². The number of rotatable bonds is 4. The second kappa shape index (κ2) is 8.18. The summed E-state index contributed by atoms with van der Waals surface area (Å²) < 4.78 is 2.29. The molecule has 0 saturated heterocycles. The molecule has 0 unspecified atom stereocenters. The SMILES string of the molecule is CC(C)=C1CC[C@@H](C)c2c(C(=O)N[C@H](CO)C(C)(C)C)nn(-c3c[n+]([O-])ccn3)c21. The van der Waals surface area contributed by atoms with Gasteiger partial charge in [-0.2, -0.15) is 9.83 Å². The molecule has 2 N–H and O–H groups in total. The first kappa shape index (κ1) is 22.0. The van der Waals surface area contributed by atoms with Gasteiger partial charge in [0.25, 0.3) is 5.91 Å². The van der Waals surface area contributed by atoms with Gasteiger partial charge in [0, 0.05) is 5.56 Å². The van der Waals surface area contributed by atoms with Gasteiger partial charge in [-0.25, -0.2) is 9.67 Å². The molecule has 30 heavy (non-hydrogen) atoms. The van der Waals surface area contributed by atoms with E-state index in [1.54, 1.807) is 4.68 Å². The van der Waals surface area contributed by atoms with Crippen LogP contribution in [0.15, 0.2) is 24.2 Å². The number of aliphatic hydroxyl groups is 1. The average molecular weight is 414 g/mol. The molecule has 0 fully saturated rings. The molecule has 0 bridgehead atoms. The maximum Gasteiger partial charge on any atom is 0.272 e. The van der Waals surface area contributed by atoms with Gasteiger partial charge >= 0.3 is 0 Å². The van der Waals surface area contributed by atoms with Gasteiger partial charge in [0.2, 0.25) is 12.0 Å². The van der Waals surface area contributed by atoms with Gasteiger partial charge in [0.05, 0.1) is 24.5 Å². The standard InChI is InChI=1S/C22H31N5O3/c1-13(2)15-8-7-14(3)18-19(21(29)24-16(12-28)22(4,5)6)25-27(20(15)18)17-11-26(30)10-9-23-17/h9-11,14,16,28H,7-8,12H2,1-6H3,(H,24,29)/t14-,16-/m1/s1. The Hall–Kier alpha value is -2.74. The fraction of sp³-hybridized carbons (Fsp3) is 0.545. The Morgan fingerprint density at radius 3 is 2.70 bits per heavy atom. The summed E-state index contributed by atoms with van der Waals surface area (Å²) in [7, 11) is 0. The summed E-state index contributed by atoms with van der Waals surface area (Å²) in [5, 5.41) is 29.2. The third-order valence-electron chi connectivity index (χ3n) is 5.76. The van der Waals surface area contributed by atoms with Gasteiger partial charge < -0.3 is 15.6 Å². The van der Waals surface area contributed by atoms with Gasteiger partial charge in [0.1, 0.15) is 0 Å². The molecule has 8 nitrogen and oxygen atoms in total. The van der Waals surface area contributed by atoms with Crippen LogP contribution in [-0.2, 0) is 0 Å². The van der Waals surface area contributed by atoms with E-state index in [0.29, 0.717) is 16.2 Å². The molecule has 2 heterocycles. The monoisotopic (exact) mass is 413 g/mol.